The zero-order valence-corrected chi connectivity index (χ0v) is 11.4. The van der Waals surface area contributed by atoms with Crippen LogP contribution in [0.5, 0.6) is 0 Å². The van der Waals surface area contributed by atoms with Crippen LogP contribution in [0.15, 0.2) is 6.07 Å². The first kappa shape index (κ1) is 13.0. The van der Waals surface area contributed by atoms with E-state index in [2.05, 4.69) is 29.4 Å². The van der Waals surface area contributed by atoms with Crippen molar-refractivity contribution in [3.05, 3.63) is 23.0 Å². The lowest BCUT2D eigenvalue weighted by molar-refractivity contribution is 0.0543. The molecule has 1 aromatic rings. The van der Waals surface area contributed by atoms with Gasteiger partial charge in [-0.25, -0.2) is 0 Å². The molecule has 1 amide bonds. The van der Waals surface area contributed by atoms with Crippen LogP contribution in [-0.2, 0) is 0 Å². The van der Waals surface area contributed by atoms with Crippen molar-refractivity contribution in [2.45, 2.75) is 39.8 Å². The second kappa shape index (κ2) is 5.02. The Kier molecular flexibility index (Phi) is 3.61. The van der Waals surface area contributed by atoms with E-state index in [4.69, 9.17) is 0 Å². The van der Waals surface area contributed by atoms with Crippen LogP contribution in [0.4, 0.5) is 0 Å². The van der Waals surface area contributed by atoms with Gasteiger partial charge >= 0.3 is 0 Å². The molecule has 1 fully saturated rings. The maximum absolute atomic E-state index is 12.6. The zero-order chi connectivity index (χ0) is 13.3. The van der Waals surface area contributed by atoms with Gasteiger partial charge in [-0.05, 0) is 33.8 Å². The number of hydrogen-bond donors (Lipinski definition) is 1. The smallest absolute Gasteiger partial charge is 0.256 e. The summed E-state index contributed by atoms with van der Waals surface area (Å²) in [6.45, 7) is 9.50. The molecule has 5 nitrogen and oxygen atoms in total. The Labute approximate surface area is 108 Å². The molecular formula is C13H20N4O. The van der Waals surface area contributed by atoms with E-state index in [1.54, 1.807) is 0 Å². The van der Waals surface area contributed by atoms with Gasteiger partial charge in [-0.15, -0.1) is 0 Å². The first-order valence-electron chi connectivity index (χ1n) is 6.35. The minimum Gasteiger partial charge on any atom is -0.331 e. The fraction of sp³-hybridized carbons (Fsp3) is 0.615. The highest BCUT2D eigenvalue weighted by atomic mass is 16.2. The summed E-state index contributed by atoms with van der Waals surface area (Å²) >= 11 is 0. The first-order chi connectivity index (χ1) is 8.50. The normalized spacial score (nSPS) is 24.1. The summed E-state index contributed by atoms with van der Waals surface area (Å²) in [6.07, 6.45) is 0. The molecule has 5 heteroatoms. The fourth-order valence-corrected chi connectivity index (χ4v) is 2.44. The van der Waals surface area contributed by atoms with Gasteiger partial charge in [0.1, 0.15) is 0 Å². The van der Waals surface area contributed by atoms with Crippen LogP contribution in [0, 0.1) is 13.8 Å². The Balaban J connectivity index is 2.32. The third-order valence-corrected chi connectivity index (χ3v) is 3.39. The lowest BCUT2D eigenvalue weighted by Gasteiger charge is -2.39. The average molecular weight is 248 g/mol. The van der Waals surface area contributed by atoms with Crippen molar-refractivity contribution in [3.63, 3.8) is 0 Å². The van der Waals surface area contributed by atoms with E-state index in [0.29, 0.717) is 11.3 Å². The summed E-state index contributed by atoms with van der Waals surface area (Å²) in [4.78, 5) is 14.6. The highest BCUT2D eigenvalue weighted by Crippen LogP contribution is 2.16. The molecule has 2 rings (SSSR count). The van der Waals surface area contributed by atoms with Crippen LogP contribution in [-0.4, -0.2) is 46.2 Å². The van der Waals surface area contributed by atoms with Crippen LogP contribution >= 0.6 is 0 Å². The van der Waals surface area contributed by atoms with Gasteiger partial charge in [0.25, 0.3) is 5.91 Å². The van der Waals surface area contributed by atoms with Gasteiger partial charge in [0.05, 0.1) is 17.0 Å². The average Bonchev–Trinajstić information content (AvgIpc) is 2.32. The SMILES string of the molecule is Cc1cc(C(=O)N2C(C)CNCC2C)c(C)nn1. The highest BCUT2D eigenvalue weighted by Gasteiger charge is 2.30. The van der Waals surface area contributed by atoms with Gasteiger partial charge in [0.2, 0.25) is 0 Å². The van der Waals surface area contributed by atoms with Crippen molar-refractivity contribution in [1.82, 2.24) is 20.4 Å². The number of aromatic nitrogens is 2. The molecule has 0 spiro atoms. The summed E-state index contributed by atoms with van der Waals surface area (Å²) in [5.41, 5.74) is 2.14. The monoisotopic (exact) mass is 248 g/mol. The molecule has 0 radical (unpaired) electrons. The van der Waals surface area contributed by atoms with Gasteiger partial charge in [-0.2, -0.15) is 10.2 Å². The standard InChI is InChI=1S/C13H20N4O/c1-8-5-12(11(4)16-15-8)13(18)17-9(2)6-14-7-10(17)3/h5,9-10,14H,6-7H2,1-4H3. The number of nitrogens with zero attached hydrogens (tertiary/aromatic N) is 3. The molecule has 0 bridgehead atoms. The van der Waals surface area contributed by atoms with Crippen LogP contribution in [0.1, 0.15) is 35.6 Å². The van der Waals surface area contributed by atoms with Crippen molar-refractivity contribution in [3.8, 4) is 0 Å². The molecule has 98 valence electrons. The quantitative estimate of drug-likeness (QED) is 0.803. The molecule has 2 unspecified atom stereocenters. The minimum atomic E-state index is 0.0620. The largest absolute Gasteiger partial charge is 0.331 e. The lowest BCUT2D eigenvalue weighted by Crippen LogP contribution is -2.57. The molecule has 2 atom stereocenters. The number of amides is 1. The van der Waals surface area contributed by atoms with Gasteiger partial charge < -0.3 is 10.2 Å². The van der Waals surface area contributed by atoms with Crippen molar-refractivity contribution in [2.75, 3.05) is 13.1 Å². The lowest BCUT2D eigenvalue weighted by atomic mass is 10.1. The summed E-state index contributed by atoms with van der Waals surface area (Å²) in [5.74, 6) is 0.0620. The second-order valence-electron chi connectivity index (χ2n) is 5.05. The Morgan fingerprint density at radius 2 is 1.89 bits per heavy atom. The van der Waals surface area contributed by atoms with Gasteiger partial charge in [0, 0.05) is 25.2 Å². The zero-order valence-electron chi connectivity index (χ0n) is 11.4. The predicted octanol–water partition coefficient (Wildman–Crippen LogP) is 0.916. The molecule has 1 saturated heterocycles. The Morgan fingerprint density at radius 3 is 2.50 bits per heavy atom. The number of piperazine rings is 1. The van der Waals surface area contributed by atoms with Crippen LogP contribution in [0.2, 0.25) is 0 Å². The van der Waals surface area contributed by atoms with Crippen LogP contribution < -0.4 is 5.32 Å². The van der Waals surface area contributed by atoms with Gasteiger partial charge in [0.15, 0.2) is 0 Å². The summed E-state index contributed by atoms with van der Waals surface area (Å²) in [5, 5.41) is 11.3. The minimum absolute atomic E-state index is 0.0620. The molecule has 0 aromatic carbocycles. The number of hydrogen-bond acceptors (Lipinski definition) is 4. The third-order valence-electron chi connectivity index (χ3n) is 3.39. The summed E-state index contributed by atoms with van der Waals surface area (Å²) in [6, 6.07) is 2.23. The Hall–Kier alpha value is -1.49. The molecule has 1 aliphatic rings. The second-order valence-corrected chi connectivity index (χ2v) is 5.05. The number of carbonyl (C=O) groups is 1. The van der Waals surface area contributed by atoms with E-state index < -0.39 is 0 Å². The van der Waals surface area contributed by atoms with E-state index in [1.165, 1.54) is 0 Å². The third kappa shape index (κ3) is 2.36. The maximum Gasteiger partial charge on any atom is 0.256 e. The van der Waals surface area contributed by atoms with E-state index in [0.717, 1.165) is 18.8 Å². The van der Waals surface area contributed by atoms with Crippen molar-refractivity contribution in [1.29, 1.82) is 0 Å². The van der Waals surface area contributed by atoms with Crippen molar-refractivity contribution < 1.29 is 4.79 Å². The van der Waals surface area contributed by atoms with E-state index >= 15 is 0 Å². The maximum atomic E-state index is 12.6. The molecule has 0 saturated carbocycles. The molecule has 0 aliphatic carbocycles. The van der Waals surface area contributed by atoms with E-state index in [9.17, 15) is 4.79 Å². The molecule has 1 aliphatic heterocycles. The number of rotatable bonds is 1. The topological polar surface area (TPSA) is 58.1 Å². The Bertz CT molecular complexity index is 450. The molecule has 2 heterocycles. The number of nitrogens with one attached hydrogen (secondary N) is 1. The Morgan fingerprint density at radius 1 is 1.28 bits per heavy atom. The van der Waals surface area contributed by atoms with Crippen molar-refractivity contribution >= 4 is 5.91 Å². The highest BCUT2D eigenvalue weighted by molar-refractivity contribution is 5.95. The summed E-state index contributed by atoms with van der Waals surface area (Å²) in [7, 11) is 0. The number of aryl methyl sites for hydroxylation is 2. The number of carbonyl (C=O) groups excluding carboxylic acids is 1. The van der Waals surface area contributed by atoms with E-state index in [-0.39, 0.29) is 18.0 Å². The molecule has 18 heavy (non-hydrogen) atoms. The fourth-order valence-electron chi connectivity index (χ4n) is 2.44. The van der Waals surface area contributed by atoms with Crippen LogP contribution in [0.25, 0.3) is 0 Å². The van der Waals surface area contributed by atoms with Crippen molar-refractivity contribution in [2.24, 2.45) is 0 Å². The first-order valence-corrected chi connectivity index (χ1v) is 6.35. The summed E-state index contributed by atoms with van der Waals surface area (Å²) < 4.78 is 0. The predicted molar refractivity (Wildman–Crippen MR) is 69.5 cm³/mol. The van der Waals surface area contributed by atoms with Gasteiger partial charge in [-0.3, -0.25) is 4.79 Å². The molecule has 1 N–H and O–H groups in total. The molecular weight excluding hydrogens is 228 g/mol. The van der Waals surface area contributed by atoms with E-state index in [1.807, 2.05) is 24.8 Å². The van der Waals surface area contributed by atoms with Gasteiger partial charge in [-0.1, -0.05) is 0 Å². The van der Waals surface area contributed by atoms with Crippen LogP contribution in [0.3, 0.4) is 0 Å². The molecule has 1 aromatic heterocycles.